The third kappa shape index (κ3) is 5.59. The van der Waals surface area contributed by atoms with Crippen LogP contribution in [0, 0.1) is 27.7 Å². The predicted molar refractivity (Wildman–Crippen MR) is 122 cm³/mol. The molecule has 0 aliphatic rings. The van der Waals surface area contributed by atoms with Gasteiger partial charge in [-0.25, -0.2) is 0 Å². The van der Waals surface area contributed by atoms with Crippen LogP contribution in [-0.2, 0) is 6.61 Å². The third-order valence-corrected chi connectivity index (χ3v) is 5.91. The molecule has 2 nitrogen and oxygen atoms in total. The van der Waals surface area contributed by atoms with E-state index >= 15 is 0 Å². The zero-order valence-electron chi connectivity index (χ0n) is 16.3. The van der Waals surface area contributed by atoms with Gasteiger partial charge in [-0.05, 0) is 76.0 Å². The first-order chi connectivity index (χ1) is 12.9. The molecule has 0 aliphatic carbocycles. The summed E-state index contributed by atoms with van der Waals surface area (Å²) in [5, 5.41) is 1.08. The molecule has 28 heavy (non-hydrogen) atoms. The second-order valence-corrected chi connectivity index (χ2v) is 8.22. The molecule has 3 rings (SSSR count). The standard InChI is InChI=1S/C24H25O2P.Li.H/c1-16-12-18(3)23(19(4)13-16)24(25)27-22-11-10-21(14-17(22)2)26-15-20-8-6-5-7-9-20;;/h5-14,27H,15H2,1-4H3;;. The Labute approximate surface area is 181 Å². The van der Waals surface area contributed by atoms with E-state index in [2.05, 4.69) is 19.1 Å². The molecule has 0 aliphatic heterocycles. The van der Waals surface area contributed by atoms with Crippen molar-refractivity contribution in [3.05, 3.63) is 94.0 Å². The van der Waals surface area contributed by atoms with Gasteiger partial charge in [0.2, 0.25) is 0 Å². The quantitative estimate of drug-likeness (QED) is 0.442. The van der Waals surface area contributed by atoms with E-state index in [1.807, 2.05) is 69.3 Å². The molecule has 0 saturated carbocycles. The monoisotopic (exact) mass is 384 g/mol. The number of carbonyl (C=O) groups excluding carboxylic acids is 1. The Morgan fingerprint density at radius 3 is 2.11 bits per heavy atom. The molecular weight excluding hydrogens is 358 g/mol. The summed E-state index contributed by atoms with van der Waals surface area (Å²) < 4.78 is 5.89. The number of hydrogen-bond acceptors (Lipinski definition) is 2. The first kappa shape index (κ1) is 22.4. The van der Waals surface area contributed by atoms with E-state index in [0.29, 0.717) is 6.61 Å². The molecular formula is C24H26LiO2P. The molecule has 1 atom stereocenters. The molecule has 0 aromatic heterocycles. The van der Waals surface area contributed by atoms with Crippen LogP contribution in [0.15, 0.2) is 60.7 Å². The zero-order valence-corrected chi connectivity index (χ0v) is 17.3. The Hall–Kier alpha value is -1.84. The van der Waals surface area contributed by atoms with Gasteiger partial charge in [-0.3, -0.25) is 4.79 Å². The summed E-state index contributed by atoms with van der Waals surface area (Å²) in [5.74, 6) is 0.833. The Kier molecular flexibility index (Phi) is 8.08. The van der Waals surface area contributed by atoms with Gasteiger partial charge in [-0.1, -0.05) is 54.1 Å². The fourth-order valence-electron chi connectivity index (χ4n) is 3.33. The van der Waals surface area contributed by atoms with Crippen molar-refractivity contribution >= 4 is 38.3 Å². The maximum atomic E-state index is 12.9. The van der Waals surface area contributed by atoms with Crippen LogP contribution in [0.2, 0.25) is 0 Å². The van der Waals surface area contributed by atoms with E-state index < -0.39 is 0 Å². The Morgan fingerprint density at radius 2 is 1.50 bits per heavy atom. The second kappa shape index (κ2) is 10.1. The fraction of sp³-hybridized carbons (Fsp3) is 0.208. The SMILES string of the molecule is Cc1cc(C)c(C(=O)Pc2ccc(OCc3ccccc3)cc2C)c(C)c1.[LiH]. The first-order valence-corrected chi connectivity index (χ1v) is 10.1. The van der Waals surface area contributed by atoms with Gasteiger partial charge >= 0.3 is 18.9 Å². The molecule has 3 aromatic carbocycles. The van der Waals surface area contributed by atoms with E-state index in [0.717, 1.165) is 38.9 Å². The van der Waals surface area contributed by atoms with Crippen LogP contribution in [-0.4, -0.2) is 24.4 Å². The van der Waals surface area contributed by atoms with Crippen molar-refractivity contribution in [3.8, 4) is 5.75 Å². The molecule has 0 heterocycles. The minimum absolute atomic E-state index is 0. The number of carbonyl (C=O) groups is 1. The molecule has 4 heteroatoms. The van der Waals surface area contributed by atoms with Crippen molar-refractivity contribution in [1.29, 1.82) is 0 Å². The third-order valence-electron chi connectivity index (χ3n) is 4.60. The van der Waals surface area contributed by atoms with Gasteiger partial charge < -0.3 is 4.74 Å². The van der Waals surface area contributed by atoms with Gasteiger partial charge in [-0.15, -0.1) is 0 Å². The van der Waals surface area contributed by atoms with E-state index in [9.17, 15) is 4.79 Å². The van der Waals surface area contributed by atoms with Crippen molar-refractivity contribution in [2.24, 2.45) is 0 Å². The number of ether oxygens (including phenoxy) is 1. The normalized spacial score (nSPS) is 10.7. The van der Waals surface area contributed by atoms with Gasteiger partial charge in [0.05, 0.1) is 0 Å². The maximum absolute atomic E-state index is 12.9. The van der Waals surface area contributed by atoms with Gasteiger partial charge in [0.25, 0.3) is 0 Å². The van der Waals surface area contributed by atoms with E-state index in [1.54, 1.807) is 0 Å². The van der Waals surface area contributed by atoms with E-state index in [4.69, 9.17) is 4.74 Å². The molecule has 3 aromatic rings. The van der Waals surface area contributed by atoms with Crippen molar-refractivity contribution in [2.75, 3.05) is 0 Å². The van der Waals surface area contributed by atoms with Crippen LogP contribution in [0.3, 0.4) is 0 Å². The molecule has 140 valence electrons. The summed E-state index contributed by atoms with van der Waals surface area (Å²) in [4.78, 5) is 12.9. The zero-order chi connectivity index (χ0) is 19.4. The molecule has 0 saturated heterocycles. The molecule has 0 radical (unpaired) electrons. The van der Waals surface area contributed by atoms with Crippen LogP contribution in [0.25, 0.3) is 0 Å². The average molecular weight is 384 g/mol. The second-order valence-electron chi connectivity index (χ2n) is 6.98. The van der Waals surface area contributed by atoms with Gasteiger partial charge in [0, 0.05) is 5.56 Å². The van der Waals surface area contributed by atoms with Crippen molar-refractivity contribution in [3.63, 3.8) is 0 Å². The van der Waals surface area contributed by atoms with Gasteiger partial charge in [0.1, 0.15) is 12.4 Å². The Morgan fingerprint density at radius 1 is 0.857 bits per heavy atom. The van der Waals surface area contributed by atoms with Crippen molar-refractivity contribution in [2.45, 2.75) is 34.3 Å². The average Bonchev–Trinajstić information content (AvgIpc) is 2.62. The Bertz CT molecular complexity index is 945. The number of rotatable bonds is 6. The molecule has 0 spiro atoms. The minimum atomic E-state index is 0. The van der Waals surface area contributed by atoms with Crippen LogP contribution < -0.4 is 10.0 Å². The summed E-state index contributed by atoms with van der Waals surface area (Å²) in [7, 11) is 0.121. The summed E-state index contributed by atoms with van der Waals surface area (Å²) in [6.07, 6.45) is 0. The topological polar surface area (TPSA) is 26.3 Å². The first-order valence-electron chi connectivity index (χ1n) is 9.10. The van der Waals surface area contributed by atoms with Crippen LogP contribution in [0.5, 0.6) is 5.75 Å². The van der Waals surface area contributed by atoms with Crippen LogP contribution in [0.1, 0.15) is 38.2 Å². The van der Waals surface area contributed by atoms with Gasteiger partial charge in [-0.2, -0.15) is 0 Å². The number of hydrogen-bond donors (Lipinski definition) is 0. The number of aryl methyl sites for hydroxylation is 4. The summed E-state index contributed by atoms with van der Waals surface area (Å²) in [6, 6.07) is 20.3. The van der Waals surface area contributed by atoms with Gasteiger partial charge in [0.15, 0.2) is 5.52 Å². The molecule has 0 amide bonds. The van der Waals surface area contributed by atoms with E-state index in [1.165, 1.54) is 5.56 Å². The molecule has 1 unspecified atom stereocenters. The summed E-state index contributed by atoms with van der Waals surface area (Å²) in [5.41, 5.74) is 6.61. The molecule has 0 fully saturated rings. The van der Waals surface area contributed by atoms with Crippen molar-refractivity contribution < 1.29 is 9.53 Å². The van der Waals surface area contributed by atoms with Crippen LogP contribution >= 0.6 is 8.58 Å². The molecule has 0 N–H and O–H groups in total. The summed E-state index contributed by atoms with van der Waals surface area (Å²) >= 11 is 0. The number of benzene rings is 3. The van der Waals surface area contributed by atoms with Crippen LogP contribution in [0.4, 0.5) is 0 Å². The summed E-state index contributed by atoms with van der Waals surface area (Å²) in [6.45, 7) is 8.69. The Balaban J connectivity index is 0.00000280. The molecule has 0 bridgehead atoms. The van der Waals surface area contributed by atoms with Crippen molar-refractivity contribution in [1.82, 2.24) is 0 Å². The van der Waals surface area contributed by atoms with E-state index in [-0.39, 0.29) is 33.0 Å². The fourth-order valence-corrected chi connectivity index (χ4v) is 4.53. The predicted octanol–water partition coefficient (Wildman–Crippen LogP) is 4.99.